The van der Waals surface area contributed by atoms with Crippen LogP contribution in [-0.2, 0) is 16.6 Å². The van der Waals surface area contributed by atoms with Gasteiger partial charge in [0.1, 0.15) is 17.0 Å². The van der Waals surface area contributed by atoms with Crippen molar-refractivity contribution in [3.05, 3.63) is 41.4 Å². The monoisotopic (exact) mass is 408 g/mol. The van der Waals surface area contributed by atoms with Crippen LogP contribution in [0.2, 0.25) is 5.02 Å². The number of benzene rings is 1. The van der Waals surface area contributed by atoms with Crippen molar-refractivity contribution < 1.29 is 8.42 Å². The van der Waals surface area contributed by atoms with Crippen LogP contribution in [0.4, 0.5) is 0 Å². The van der Waals surface area contributed by atoms with Gasteiger partial charge in [-0.25, -0.2) is 8.42 Å². The van der Waals surface area contributed by atoms with E-state index in [1.807, 2.05) is 0 Å². The highest BCUT2D eigenvalue weighted by Crippen LogP contribution is 2.56. The molecule has 1 aromatic heterocycles. The Morgan fingerprint density at radius 1 is 1.30 bits per heavy atom. The Balaban J connectivity index is 1.68. The normalized spacial score (nSPS) is 22.4. The highest BCUT2D eigenvalue weighted by atomic mass is 35.5. The molecule has 1 aliphatic carbocycles. The lowest BCUT2D eigenvalue weighted by Gasteiger charge is -2.42. The standard InChI is InChI=1S/C19H25ClN4O2S/c1-14(2)10-23-13-21-22-18(23)15-11-24(12-19(15)8-5-9-19)27(25,26)17-7-4-3-6-16(17)20/h3-4,6-7,13-15H,5,8-12H2,1-2H3. The van der Waals surface area contributed by atoms with E-state index in [1.54, 1.807) is 34.9 Å². The number of rotatable bonds is 5. The van der Waals surface area contributed by atoms with Crippen LogP contribution < -0.4 is 0 Å². The zero-order valence-electron chi connectivity index (χ0n) is 15.7. The quantitative estimate of drug-likeness (QED) is 0.758. The maximum atomic E-state index is 13.3. The number of hydrogen-bond acceptors (Lipinski definition) is 4. The van der Waals surface area contributed by atoms with Crippen molar-refractivity contribution in [2.75, 3.05) is 13.1 Å². The fourth-order valence-corrected chi connectivity index (χ4v) is 6.50. The van der Waals surface area contributed by atoms with Gasteiger partial charge in [-0.3, -0.25) is 0 Å². The summed E-state index contributed by atoms with van der Waals surface area (Å²) in [6.07, 6.45) is 4.96. The van der Waals surface area contributed by atoms with Crippen LogP contribution in [0.25, 0.3) is 0 Å². The number of halogens is 1. The second-order valence-corrected chi connectivity index (χ2v) is 10.5. The zero-order chi connectivity index (χ0) is 19.2. The summed E-state index contributed by atoms with van der Waals surface area (Å²) >= 11 is 6.19. The first kappa shape index (κ1) is 18.9. The van der Waals surface area contributed by atoms with Crippen LogP contribution in [-0.4, -0.2) is 40.6 Å². The van der Waals surface area contributed by atoms with E-state index in [0.29, 0.717) is 19.0 Å². The highest BCUT2D eigenvalue weighted by Gasteiger charge is 2.55. The first-order valence-electron chi connectivity index (χ1n) is 9.46. The van der Waals surface area contributed by atoms with Crippen LogP contribution in [0.1, 0.15) is 44.9 Å². The second kappa shape index (κ2) is 6.87. The van der Waals surface area contributed by atoms with Crippen molar-refractivity contribution in [1.29, 1.82) is 0 Å². The van der Waals surface area contributed by atoms with E-state index < -0.39 is 10.0 Å². The van der Waals surface area contributed by atoms with Crippen LogP contribution in [0, 0.1) is 11.3 Å². The molecule has 1 saturated carbocycles. The van der Waals surface area contributed by atoms with E-state index in [0.717, 1.165) is 31.6 Å². The number of nitrogens with zero attached hydrogens (tertiary/aromatic N) is 4. The third kappa shape index (κ3) is 3.19. The van der Waals surface area contributed by atoms with Gasteiger partial charge in [-0.1, -0.05) is 44.0 Å². The molecule has 1 unspecified atom stereocenters. The summed E-state index contributed by atoms with van der Waals surface area (Å²) in [5, 5.41) is 8.80. The molecule has 0 bridgehead atoms. The summed E-state index contributed by atoms with van der Waals surface area (Å²) in [5.74, 6) is 1.46. The molecular weight excluding hydrogens is 384 g/mol. The summed E-state index contributed by atoms with van der Waals surface area (Å²) in [5.41, 5.74) is -0.0317. The molecular formula is C19H25ClN4O2S. The molecule has 2 aromatic rings. The summed E-state index contributed by atoms with van der Waals surface area (Å²) < 4.78 is 30.2. The molecule has 6 nitrogen and oxygen atoms in total. The SMILES string of the molecule is CC(C)Cn1cnnc1C1CN(S(=O)(=O)c2ccccc2Cl)CC12CCC2. The van der Waals surface area contributed by atoms with Crippen molar-refractivity contribution in [2.24, 2.45) is 11.3 Å². The molecule has 0 radical (unpaired) electrons. The maximum absolute atomic E-state index is 13.3. The smallest absolute Gasteiger partial charge is 0.244 e. The second-order valence-electron chi connectivity index (χ2n) is 8.23. The predicted octanol–water partition coefficient (Wildman–Crippen LogP) is 3.55. The molecule has 1 aromatic carbocycles. The average molecular weight is 409 g/mol. The van der Waals surface area contributed by atoms with Gasteiger partial charge in [0.25, 0.3) is 0 Å². The molecule has 1 spiro atoms. The van der Waals surface area contributed by atoms with Gasteiger partial charge in [-0.2, -0.15) is 4.31 Å². The third-order valence-corrected chi connectivity index (χ3v) is 8.25. The largest absolute Gasteiger partial charge is 0.317 e. The topological polar surface area (TPSA) is 68.1 Å². The van der Waals surface area contributed by atoms with Crippen molar-refractivity contribution in [3.8, 4) is 0 Å². The first-order chi connectivity index (χ1) is 12.8. The lowest BCUT2D eigenvalue weighted by Crippen LogP contribution is -2.38. The Bertz CT molecular complexity index is 937. The van der Waals surface area contributed by atoms with E-state index in [2.05, 4.69) is 28.6 Å². The summed E-state index contributed by atoms with van der Waals surface area (Å²) in [7, 11) is -3.63. The minimum atomic E-state index is -3.63. The third-order valence-electron chi connectivity index (χ3n) is 5.94. The number of hydrogen-bond donors (Lipinski definition) is 0. The minimum Gasteiger partial charge on any atom is -0.317 e. The van der Waals surface area contributed by atoms with E-state index >= 15 is 0 Å². The molecule has 1 saturated heterocycles. The molecule has 1 atom stereocenters. The molecule has 1 aliphatic heterocycles. The Morgan fingerprint density at radius 3 is 2.67 bits per heavy atom. The highest BCUT2D eigenvalue weighted by molar-refractivity contribution is 7.89. The molecule has 27 heavy (non-hydrogen) atoms. The van der Waals surface area contributed by atoms with Gasteiger partial charge in [0.2, 0.25) is 10.0 Å². The maximum Gasteiger partial charge on any atom is 0.244 e. The molecule has 4 rings (SSSR count). The lowest BCUT2D eigenvalue weighted by atomic mass is 9.62. The fraction of sp³-hybridized carbons (Fsp3) is 0.579. The number of aromatic nitrogens is 3. The van der Waals surface area contributed by atoms with E-state index in [9.17, 15) is 8.42 Å². The van der Waals surface area contributed by atoms with E-state index in [-0.39, 0.29) is 21.3 Å². The van der Waals surface area contributed by atoms with Gasteiger partial charge < -0.3 is 4.57 Å². The van der Waals surface area contributed by atoms with E-state index in [1.165, 1.54) is 0 Å². The van der Waals surface area contributed by atoms with Crippen molar-refractivity contribution >= 4 is 21.6 Å². The molecule has 2 fully saturated rings. The van der Waals surface area contributed by atoms with Crippen molar-refractivity contribution in [1.82, 2.24) is 19.1 Å². The Kier molecular flexibility index (Phi) is 4.81. The Morgan fingerprint density at radius 2 is 2.04 bits per heavy atom. The van der Waals surface area contributed by atoms with Crippen LogP contribution in [0.5, 0.6) is 0 Å². The molecule has 146 valence electrons. The molecule has 2 heterocycles. The number of sulfonamides is 1. The predicted molar refractivity (Wildman–Crippen MR) is 104 cm³/mol. The van der Waals surface area contributed by atoms with Crippen LogP contribution in [0.15, 0.2) is 35.5 Å². The van der Waals surface area contributed by atoms with E-state index in [4.69, 9.17) is 11.6 Å². The van der Waals surface area contributed by atoms with Gasteiger partial charge in [0.05, 0.1) is 5.02 Å². The van der Waals surface area contributed by atoms with Gasteiger partial charge in [0, 0.05) is 25.6 Å². The van der Waals surface area contributed by atoms with Crippen molar-refractivity contribution in [2.45, 2.75) is 50.5 Å². The van der Waals surface area contributed by atoms with Crippen LogP contribution >= 0.6 is 11.6 Å². The van der Waals surface area contributed by atoms with Gasteiger partial charge in [-0.05, 0) is 36.3 Å². The summed E-state index contributed by atoms with van der Waals surface area (Å²) in [6, 6.07) is 6.67. The summed E-state index contributed by atoms with van der Waals surface area (Å²) in [6.45, 7) is 6.12. The van der Waals surface area contributed by atoms with Gasteiger partial charge in [0.15, 0.2) is 0 Å². The lowest BCUT2D eigenvalue weighted by molar-refractivity contribution is 0.125. The molecule has 2 aliphatic rings. The van der Waals surface area contributed by atoms with Crippen LogP contribution in [0.3, 0.4) is 0 Å². The fourth-order valence-electron chi connectivity index (χ4n) is 4.46. The first-order valence-corrected chi connectivity index (χ1v) is 11.3. The molecule has 8 heteroatoms. The Labute approximate surface area is 165 Å². The minimum absolute atomic E-state index is 0.0317. The Hall–Kier alpha value is -1.44. The van der Waals surface area contributed by atoms with Crippen molar-refractivity contribution in [3.63, 3.8) is 0 Å². The molecule has 0 amide bonds. The van der Waals surface area contributed by atoms with Gasteiger partial charge in [-0.15, -0.1) is 10.2 Å². The molecule has 0 N–H and O–H groups in total. The van der Waals surface area contributed by atoms with Gasteiger partial charge >= 0.3 is 0 Å². The average Bonchev–Trinajstić information content (AvgIpc) is 3.18. The summed E-state index contributed by atoms with van der Waals surface area (Å²) in [4.78, 5) is 0.186. The zero-order valence-corrected chi connectivity index (χ0v) is 17.2.